The number of hydrogen-bond donors (Lipinski definition) is 2. The van der Waals surface area contributed by atoms with E-state index in [1.807, 2.05) is 39.2 Å². The quantitative estimate of drug-likeness (QED) is 0.541. The summed E-state index contributed by atoms with van der Waals surface area (Å²) in [5, 5.41) is 6.23. The van der Waals surface area contributed by atoms with Crippen molar-refractivity contribution in [3.8, 4) is 11.4 Å². The van der Waals surface area contributed by atoms with Gasteiger partial charge in [0.1, 0.15) is 24.0 Å². The molecule has 34 heavy (non-hydrogen) atoms. The van der Waals surface area contributed by atoms with Gasteiger partial charge >= 0.3 is 0 Å². The predicted molar refractivity (Wildman–Crippen MR) is 128 cm³/mol. The van der Waals surface area contributed by atoms with Crippen molar-refractivity contribution in [2.75, 3.05) is 18.4 Å². The fourth-order valence-corrected chi connectivity index (χ4v) is 4.32. The number of nitrogens with zero attached hydrogens (tertiary/aromatic N) is 7. The average molecular weight is 466 g/mol. The average Bonchev–Trinajstić information content (AvgIpc) is 3.17. The Balaban J connectivity index is 1.68. The topological polar surface area (TPSA) is 131 Å². The van der Waals surface area contributed by atoms with E-state index in [1.54, 1.807) is 17.3 Å². The van der Waals surface area contributed by atoms with Gasteiger partial charge in [-0.25, -0.2) is 24.9 Å². The van der Waals surface area contributed by atoms with E-state index in [1.165, 1.54) is 6.33 Å². The van der Waals surface area contributed by atoms with Crippen LogP contribution in [0.5, 0.6) is 0 Å². The van der Waals surface area contributed by atoms with Gasteiger partial charge in [0.2, 0.25) is 11.8 Å². The lowest BCUT2D eigenvalue weighted by atomic mass is 10.0. The number of carbonyl (C=O) groups excluding carboxylic acids is 2. The van der Waals surface area contributed by atoms with Gasteiger partial charge in [0.25, 0.3) is 0 Å². The third-order valence-electron chi connectivity index (χ3n) is 5.78. The standard InChI is InChI=1S/C23H31N9O2/c1-6-8-16(22(34)31-11-17(33)30-23(4,5)12-31)28-19-18-21(27-13-26-19)32(7-2)20(29-18)15-9-24-14(3)25-10-15/h9-10,13,16H,6-8,11-12H2,1-5H3,(H,30,33)(H,26,27,28)/t16-/m0/s1. The number of carbonyl (C=O) groups is 2. The van der Waals surface area contributed by atoms with Crippen LogP contribution < -0.4 is 10.6 Å². The SMILES string of the molecule is CCC[C@H](Nc1ncnc2c1nc(-c1cnc(C)nc1)n2CC)C(=O)N1CC(=O)NC(C)(C)C1. The van der Waals surface area contributed by atoms with Crippen LogP contribution in [0, 0.1) is 6.92 Å². The summed E-state index contributed by atoms with van der Waals surface area (Å²) < 4.78 is 1.98. The molecule has 11 heteroatoms. The zero-order chi connectivity index (χ0) is 24.5. The number of hydrogen-bond acceptors (Lipinski definition) is 8. The molecule has 3 aromatic rings. The molecule has 0 unspecified atom stereocenters. The molecule has 1 fully saturated rings. The van der Waals surface area contributed by atoms with Crippen molar-refractivity contribution < 1.29 is 9.59 Å². The number of rotatable bonds is 7. The van der Waals surface area contributed by atoms with Gasteiger partial charge < -0.3 is 20.1 Å². The van der Waals surface area contributed by atoms with Crippen LogP contribution in [0.25, 0.3) is 22.6 Å². The van der Waals surface area contributed by atoms with Gasteiger partial charge in [-0.15, -0.1) is 0 Å². The number of amides is 2. The zero-order valence-electron chi connectivity index (χ0n) is 20.3. The smallest absolute Gasteiger partial charge is 0.245 e. The van der Waals surface area contributed by atoms with Gasteiger partial charge in [-0.05, 0) is 34.1 Å². The van der Waals surface area contributed by atoms with Crippen LogP contribution >= 0.6 is 0 Å². The van der Waals surface area contributed by atoms with Gasteiger partial charge in [0.05, 0.1) is 17.6 Å². The van der Waals surface area contributed by atoms with Crippen LogP contribution in [0.4, 0.5) is 5.82 Å². The van der Waals surface area contributed by atoms with Crippen molar-refractivity contribution >= 4 is 28.8 Å². The first-order chi connectivity index (χ1) is 16.2. The summed E-state index contributed by atoms with van der Waals surface area (Å²) in [7, 11) is 0. The molecule has 2 N–H and O–H groups in total. The van der Waals surface area contributed by atoms with E-state index in [9.17, 15) is 9.59 Å². The molecule has 0 aromatic carbocycles. The second-order valence-electron chi connectivity index (χ2n) is 9.21. The van der Waals surface area contributed by atoms with Crippen LogP contribution in [0.1, 0.15) is 46.4 Å². The lowest BCUT2D eigenvalue weighted by molar-refractivity contribution is -0.141. The number of nitrogens with one attached hydrogen (secondary N) is 2. The molecule has 3 aromatic heterocycles. The molecule has 4 heterocycles. The minimum absolute atomic E-state index is 0.0470. The van der Waals surface area contributed by atoms with Crippen LogP contribution in [0.2, 0.25) is 0 Å². The monoisotopic (exact) mass is 465 g/mol. The summed E-state index contributed by atoms with van der Waals surface area (Å²) in [5.74, 6) is 1.57. The van der Waals surface area contributed by atoms with Crippen molar-refractivity contribution in [3.63, 3.8) is 0 Å². The Morgan fingerprint density at radius 3 is 2.59 bits per heavy atom. The van der Waals surface area contributed by atoms with Gasteiger partial charge in [-0.3, -0.25) is 9.59 Å². The first-order valence-electron chi connectivity index (χ1n) is 11.6. The molecular weight excluding hydrogens is 434 g/mol. The highest BCUT2D eigenvalue weighted by molar-refractivity contribution is 5.93. The third-order valence-corrected chi connectivity index (χ3v) is 5.78. The zero-order valence-corrected chi connectivity index (χ0v) is 20.3. The third kappa shape index (κ3) is 4.68. The highest BCUT2D eigenvalue weighted by Crippen LogP contribution is 2.27. The van der Waals surface area contributed by atoms with Crippen molar-refractivity contribution in [1.29, 1.82) is 0 Å². The predicted octanol–water partition coefficient (Wildman–Crippen LogP) is 1.93. The summed E-state index contributed by atoms with van der Waals surface area (Å²) in [6.45, 7) is 10.8. The molecule has 0 saturated carbocycles. The molecule has 1 aliphatic heterocycles. The molecule has 0 radical (unpaired) electrons. The summed E-state index contributed by atoms with van der Waals surface area (Å²) in [4.78, 5) is 49.5. The Kier molecular flexibility index (Phi) is 6.45. The normalized spacial score (nSPS) is 16.4. The second-order valence-corrected chi connectivity index (χ2v) is 9.21. The molecule has 1 saturated heterocycles. The number of aromatic nitrogens is 6. The van der Waals surface area contributed by atoms with E-state index >= 15 is 0 Å². The van der Waals surface area contributed by atoms with Crippen LogP contribution in [0.3, 0.4) is 0 Å². The highest BCUT2D eigenvalue weighted by atomic mass is 16.2. The van der Waals surface area contributed by atoms with Gasteiger partial charge in [-0.2, -0.15) is 0 Å². The molecule has 2 amide bonds. The molecule has 4 rings (SSSR count). The molecule has 180 valence electrons. The van der Waals surface area contributed by atoms with Crippen molar-refractivity contribution in [1.82, 2.24) is 39.7 Å². The molecule has 0 spiro atoms. The van der Waals surface area contributed by atoms with Gasteiger partial charge in [0.15, 0.2) is 17.0 Å². The summed E-state index contributed by atoms with van der Waals surface area (Å²) >= 11 is 0. The minimum Gasteiger partial charge on any atom is -0.356 e. The van der Waals surface area contributed by atoms with Gasteiger partial charge in [-0.1, -0.05) is 13.3 Å². The van der Waals surface area contributed by atoms with E-state index < -0.39 is 11.6 Å². The Labute approximate surface area is 198 Å². The number of piperazine rings is 1. The van der Waals surface area contributed by atoms with Crippen LogP contribution in [-0.4, -0.2) is 70.9 Å². The molecule has 11 nitrogen and oxygen atoms in total. The lowest BCUT2D eigenvalue weighted by Crippen LogP contribution is -2.62. The van der Waals surface area contributed by atoms with E-state index in [2.05, 4.69) is 30.6 Å². The lowest BCUT2D eigenvalue weighted by Gasteiger charge is -2.39. The number of fused-ring (bicyclic) bond motifs is 1. The van der Waals surface area contributed by atoms with E-state index in [4.69, 9.17) is 4.98 Å². The van der Waals surface area contributed by atoms with E-state index in [-0.39, 0.29) is 18.4 Å². The summed E-state index contributed by atoms with van der Waals surface area (Å²) in [6.07, 6.45) is 6.33. The maximum absolute atomic E-state index is 13.4. The second kappa shape index (κ2) is 9.32. The Morgan fingerprint density at radius 1 is 1.21 bits per heavy atom. The Bertz CT molecular complexity index is 1200. The Morgan fingerprint density at radius 2 is 1.94 bits per heavy atom. The largest absolute Gasteiger partial charge is 0.356 e. The molecule has 1 atom stereocenters. The molecule has 1 aliphatic rings. The van der Waals surface area contributed by atoms with Crippen molar-refractivity contribution in [2.24, 2.45) is 0 Å². The minimum atomic E-state index is -0.539. The molecule has 0 bridgehead atoms. The first kappa shape index (κ1) is 23.5. The molecular formula is C23H31N9O2. The highest BCUT2D eigenvalue weighted by Gasteiger charge is 2.36. The van der Waals surface area contributed by atoms with E-state index in [0.29, 0.717) is 48.1 Å². The van der Waals surface area contributed by atoms with Crippen LogP contribution in [-0.2, 0) is 16.1 Å². The number of imidazole rings is 1. The number of anilines is 1. The fraction of sp³-hybridized carbons (Fsp3) is 0.522. The maximum Gasteiger partial charge on any atom is 0.245 e. The first-order valence-corrected chi connectivity index (χ1v) is 11.6. The summed E-state index contributed by atoms with van der Waals surface area (Å²) in [6, 6.07) is -0.539. The van der Waals surface area contributed by atoms with E-state index in [0.717, 1.165) is 12.0 Å². The fourth-order valence-electron chi connectivity index (χ4n) is 4.32. The van der Waals surface area contributed by atoms with Crippen molar-refractivity contribution in [2.45, 2.75) is 65.6 Å². The number of aryl methyl sites for hydroxylation is 2. The maximum atomic E-state index is 13.4. The summed E-state index contributed by atoms with van der Waals surface area (Å²) in [5.41, 5.74) is 1.54. The Hall–Kier alpha value is -3.63. The van der Waals surface area contributed by atoms with Crippen molar-refractivity contribution in [3.05, 3.63) is 24.5 Å². The van der Waals surface area contributed by atoms with Crippen LogP contribution in [0.15, 0.2) is 18.7 Å². The van der Waals surface area contributed by atoms with Gasteiger partial charge in [0, 0.05) is 25.5 Å². The molecule has 0 aliphatic carbocycles.